The topological polar surface area (TPSA) is 20.3 Å². The molecule has 110 valence electrons. The van der Waals surface area contributed by atoms with Crippen LogP contribution in [0.2, 0.25) is 10.2 Å². The number of carbonyl (C=O) groups excluding carboxylic acids is 1. The number of anilines is 1. The molecule has 6 heteroatoms. The van der Waals surface area contributed by atoms with Gasteiger partial charge in [-0.1, -0.05) is 0 Å². The van der Waals surface area contributed by atoms with Crippen LogP contribution < -0.4 is 9.25 Å². The fourth-order valence-electron chi connectivity index (χ4n) is 1.76. The molecule has 1 amide bonds. The van der Waals surface area contributed by atoms with Crippen molar-refractivity contribution in [2.45, 2.75) is 5.21 Å². The predicted octanol–water partition coefficient (Wildman–Crippen LogP) is 3.38. The van der Waals surface area contributed by atoms with E-state index in [1.165, 1.54) is 12.1 Å². The number of hydrogen-bond acceptors (Lipinski definition) is 1. The quantitative estimate of drug-likeness (QED) is 0.679. The average Bonchev–Trinajstić information content (AvgIpc) is 2.44. The number of amides is 1. The molecule has 0 spiro atoms. The van der Waals surface area contributed by atoms with Crippen molar-refractivity contribution in [1.82, 2.24) is 0 Å². The first-order chi connectivity index (χ1) is 9.95. The Kier molecular flexibility index (Phi) is 5.86. The molecule has 0 N–H and O–H groups in total. The standard InChI is InChI=1S/C15H13AsBrClFNO/c1-20(14-4-2-13(19)3-5-14)15(21)9-16-10-6-11(17)8-12(18)7-10/h2-8,16H,9H2,1H3. The number of halogens is 3. The Balaban J connectivity index is 1.99. The Morgan fingerprint density at radius 1 is 1.29 bits per heavy atom. The van der Waals surface area contributed by atoms with Crippen LogP contribution in [0.3, 0.4) is 0 Å². The summed E-state index contributed by atoms with van der Waals surface area (Å²) in [6.07, 6.45) is 0. The van der Waals surface area contributed by atoms with E-state index in [1.807, 2.05) is 18.2 Å². The van der Waals surface area contributed by atoms with Gasteiger partial charge in [0.2, 0.25) is 0 Å². The van der Waals surface area contributed by atoms with Crippen LogP contribution in [0.15, 0.2) is 46.9 Å². The minimum absolute atomic E-state index is 0.0257. The second-order valence-electron chi connectivity index (χ2n) is 4.44. The van der Waals surface area contributed by atoms with Crippen molar-refractivity contribution in [3.63, 3.8) is 0 Å². The molecule has 0 aliphatic carbocycles. The normalized spacial score (nSPS) is 11.0. The van der Waals surface area contributed by atoms with Gasteiger partial charge in [0.1, 0.15) is 0 Å². The summed E-state index contributed by atoms with van der Waals surface area (Å²) in [6.45, 7) is 0. The maximum absolute atomic E-state index is 12.9. The van der Waals surface area contributed by atoms with Gasteiger partial charge in [-0.2, -0.15) is 0 Å². The third-order valence-electron chi connectivity index (χ3n) is 2.89. The second-order valence-corrected chi connectivity index (χ2v) is 8.49. The van der Waals surface area contributed by atoms with Crippen molar-refractivity contribution < 1.29 is 9.18 Å². The Morgan fingerprint density at radius 3 is 2.57 bits per heavy atom. The molecule has 2 aromatic rings. The van der Waals surface area contributed by atoms with Crippen molar-refractivity contribution in [2.75, 3.05) is 11.9 Å². The third-order valence-corrected chi connectivity index (χ3v) is 6.04. The predicted molar refractivity (Wildman–Crippen MR) is 90.6 cm³/mol. The Labute approximate surface area is 143 Å². The summed E-state index contributed by atoms with van der Waals surface area (Å²) in [5.74, 6) is -0.283. The van der Waals surface area contributed by atoms with E-state index in [-0.39, 0.29) is 11.7 Å². The molecule has 0 aliphatic heterocycles. The average molecular weight is 433 g/mol. The minimum atomic E-state index is -0.603. The first-order valence-corrected chi connectivity index (χ1v) is 9.88. The maximum atomic E-state index is 12.9. The van der Waals surface area contributed by atoms with E-state index in [2.05, 4.69) is 15.9 Å². The molecule has 0 saturated carbocycles. The van der Waals surface area contributed by atoms with Gasteiger partial charge in [0.05, 0.1) is 0 Å². The van der Waals surface area contributed by atoms with Gasteiger partial charge in [-0.3, -0.25) is 0 Å². The molecular formula is C15H13AsBrClFNO. The van der Waals surface area contributed by atoms with E-state index >= 15 is 0 Å². The molecule has 0 aliphatic rings. The molecule has 2 nitrogen and oxygen atoms in total. The molecule has 21 heavy (non-hydrogen) atoms. The second kappa shape index (κ2) is 7.44. The first-order valence-electron chi connectivity index (χ1n) is 6.18. The monoisotopic (exact) mass is 431 g/mol. The zero-order valence-electron chi connectivity index (χ0n) is 11.2. The van der Waals surface area contributed by atoms with Crippen molar-refractivity contribution in [3.05, 3.63) is 57.8 Å². The van der Waals surface area contributed by atoms with E-state index in [0.717, 1.165) is 8.82 Å². The van der Waals surface area contributed by atoms with Gasteiger partial charge >= 0.3 is 143 Å². The molecule has 0 radical (unpaired) electrons. The van der Waals surface area contributed by atoms with Crippen LogP contribution in [0.4, 0.5) is 10.1 Å². The van der Waals surface area contributed by atoms with Crippen LogP contribution in [-0.2, 0) is 4.79 Å². The molecule has 0 aromatic heterocycles. The molecule has 0 bridgehead atoms. The van der Waals surface area contributed by atoms with E-state index < -0.39 is 15.8 Å². The van der Waals surface area contributed by atoms with Crippen LogP contribution in [0.25, 0.3) is 0 Å². The summed E-state index contributed by atoms with van der Waals surface area (Å²) in [6, 6.07) is 11.6. The van der Waals surface area contributed by atoms with Crippen molar-refractivity contribution in [1.29, 1.82) is 0 Å². The molecule has 0 heterocycles. The van der Waals surface area contributed by atoms with Gasteiger partial charge < -0.3 is 0 Å². The Morgan fingerprint density at radius 2 is 1.95 bits per heavy atom. The van der Waals surface area contributed by atoms with Crippen molar-refractivity contribution in [2.24, 2.45) is 0 Å². The molecule has 0 saturated heterocycles. The van der Waals surface area contributed by atoms with Crippen LogP contribution in [0.1, 0.15) is 0 Å². The summed E-state index contributed by atoms with van der Waals surface area (Å²) in [5, 5.41) is 1.16. The van der Waals surface area contributed by atoms with E-state index in [0.29, 0.717) is 15.9 Å². The molecule has 2 aromatic carbocycles. The fraction of sp³-hybridized carbons (Fsp3) is 0.133. The number of hydrogen-bond donors (Lipinski definition) is 0. The molecule has 1 unspecified atom stereocenters. The zero-order valence-corrected chi connectivity index (χ0v) is 15.7. The van der Waals surface area contributed by atoms with Gasteiger partial charge in [-0.15, -0.1) is 0 Å². The van der Waals surface area contributed by atoms with Crippen molar-refractivity contribution >= 4 is 59.2 Å². The fourth-order valence-corrected chi connectivity index (χ4v) is 5.58. The van der Waals surface area contributed by atoms with Crippen LogP contribution >= 0.6 is 27.5 Å². The zero-order chi connectivity index (χ0) is 15.4. The summed E-state index contributed by atoms with van der Waals surface area (Å²) in [4.78, 5) is 13.7. The Hall–Kier alpha value is -0.832. The number of rotatable bonds is 4. The molecular weight excluding hydrogens is 419 g/mol. The molecule has 0 fully saturated rings. The summed E-state index contributed by atoms with van der Waals surface area (Å²) >= 11 is 8.79. The molecule has 1 atom stereocenters. The van der Waals surface area contributed by atoms with E-state index in [4.69, 9.17) is 11.6 Å². The number of carbonyl (C=O) groups is 1. The number of benzene rings is 2. The summed E-state index contributed by atoms with van der Waals surface area (Å²) in [5.41, 5.74) is 0.695. The van der Waals surface area contributed by atoms with E-state index in [1.54, 1.807) is 24.1 Å². The van der Waals surface area contributed by atoms with Gasteiger partial charge in [0.25, 0.3) is 0 Å². The van der Waals surface area contributed by atoms with Crippen LogP contribution in [0, 0.1) is 5.82 Å². The van der Waals surface area contributed by atoms with Gasteiger partial charge in [0, 0.05) is 0 Å². The SMILES string of the molecule is CN(C(=O)C[AsH]c1cc(Cl)cc(Br)c1)c1ccc(F)cc1. The van der Waals surface area contributed by atoms with Gasteiger partial charge in [-0.25, -0.2) is 0 Å². The van der Waals surface area contributed by atoms with Gasteiger partial charge in [0.15, 0.2) is 0 Å². The van der Waals surface area contributed by atoms with Crippen LogP contribution in [0.5, 0.6) is 0 Å². The van der Waals surface area contributed by atoms with Gasteiger partial charge in [-0.05, 0) is 0 Å². The van der Waals surface area contributed by atoms with E-state index in [9.17, 15) is 9.18 Å². The number of nitrogens with zero attached hydrogens (tertiary/aromatic N) is 1. The summed E-state index contributed by atoms with van der Waals surface area (Å²) in [7, 11) is 1.70. The van der Waals surface area contributed by atoms with Crippen LogP contribution in [-0.4, -0.2) is 28.7 Å². The first kappa shape index (κ1) is 16.5. The Bertz CT molecular complexity index is 630. The summed E-state index contributed by atoms with van der Waals surface area (Å²) < 4.78 is 14.9. The van der Waals surface area contributed by atoms with Crippen molar-refractivity contribution in [3.8, 4) is 0 Å². The third kappa shape index (κ3) is 4.84. The molecule has 2 rings (SSSR count).